The molecule has 0 saturated heterocycles. The summed E-state index contributed by atoms with van der Waals surface area (Å²) in [5, 5.41) is 20.7. The van der Waals surface area contributed by atoms with E-state index in [-0.39, 0.29) is 6.42 Å². The number of halogens is 2. The molecule has 0 fully saturated rings. The van der Waals surface area contributed by atoms with Crippen LogP contribution in [0.15, 0.2) is 24.3 Å². The van der Waals surface area contributed by atoms with Crippen LogP contribution in [0.3, 0.4) is 0 Å². The highest BCUT2D eigenvalue weighted by atomic mass is 19.3. The Morgan fingerprint density at radius 1 is 0.864 bits per heavy atom. The molecule has 0 heterocycles. The van der Waals surface area contributed by atoms with Gasteiger partial charge in [0.15, 0.2) is 0 Å². The summed E-state index contributed by atoms with van der Waals surface area (Å²) in [4.78, 5) is 0. The Bertz CT molecular complexity index is 385. The summed E-state index contributed by atoms with van der Waals surface area (Å²) in [6.07, 6.45) is 5.79. The second-order valence-corrected chi connectivity index (χ2v) is 5.46. The highest BCUT2D eigenvalue weighted by Gasteiger charge is 2.01. The Morgan fingerprint density at radius 3 is 1.95 bits per heavy atom. The highest BCUT2D eigenvalue weighted by Crippen LogP contribution is 2.15. The molecule has 0 N–H and O–H groups in total. The molecule has 0 saturated carbocycles. The van der Waals surface area contributed by atoms with E-state index in [1.54, 1.807) is 12.1 Å². The summed E-state index contributed by atoms with van der Waals surface area (Å²) in [6, 6.07) is 7.01. The predicted molar refractivity (Wildman–Crippen MR) is 79.5 cm³/mol. The number of benzene rings is 1. The van der Waals surface area contributed by atoms with Gasteiger partial charge in [-0.1, -0.05) is 44.2 Å². The van der Waals surface area contributed by atoms with E-state index in [0.29, 0.717) is 12.2 Å². The maximum Gasteiger partial charge on any atom is 0.238 e. The lowest BCUT2D eigenvalue weighted by Crippen LogP contribution is -2.50. The number of rotatable bonds is 12. The molecule has 0 aliphatic heterocycles. The van der Waals surface area contributed by atoms with Crippen molar-refractivity contribution in [3.8, 4) is 5.75 Å². The second-order valence-electron chi connectivity index (χ2n) is 5.46. The molecule has 0 radical (unpaired) electrons. The minimum Gasteiger partial charge on any atom is -0.860 e. The van der Waals surface area contributed by atoms with Crippen LogP contribution in [0.1, 0.15) is 56.9 Å². The smallest absolute Gasteiger partial charge is 0.238 e. The summed E-state index contributed by atoms with van der Waals surface area (Å²) in [6.45, 7) is 0. The third kappa shape index (κ3) is 9.74. The van der Waals surface area contributed by atoms with Gasteiger partial charge in [0, 0.05) is 6.42 Å². The molecule has 0 aromatic heterocycles. The summed E-state index contributed by atoms with van der Waals surface area (Å²) < 4.78 is 28.4. The second kappa shape index (κ2) is 11.4. The molecule has 1 rings (SSSR count). The third-order valence-corrected chi connectivity index (χ3v) is 3.54. The topological polar surface area (TPSA) is 55.3 Å². The quantitative estimate of drug-likeness (QED) is 0.440. The van der Waals surface area contributed by atoms with Crippen molar-refractivity contribution in [2.75, 3.05) is 0 Å². The molecular formula is C16H23BF2O3-2. The Balaban J connectivity index is 2.00. The van der Waals surface area contributed by atoms with Gasteiger partial charge in [-0.05, 0) is 37.0 Å². The minimum absolute atomic E-state index is 0.0269. The van der Waals surface area contributed by atoms with E-state index in [9.17, 15) is 18.8 Å². The normalized spacial score (nSPS) is 11.0. The van der Waals surface area contributed by atoms with Crippen LogP contribution in [0.4, 0.5) is 8.78 Å². The zero-order valence-electron chi connectivity index (χ0n) is 12.8. The molecule has 1 aromatic carbocycles. The highest BCUT2D eigenvalue weighted by molar-refractivity contribution is 6.29. The van der Waals surface area contributed by atoms with E-state index in [2.05, 4.69) is 4.65 Å². The molecule has 0 amide bonds. The molecule has 22 heavy (non-hydrogen) atoms. The first-order valence-corrected chi connectivity index (χ1v) is 7.93. The van der Waals surface area contributed by atoms with Crippen molar-refractivity contribution in [1.29, 1.82) is 0 Å². The van der Waals surface area contributed by atoms with Crippen molar-refractivity contribution in [3.05, 3.63) is 29.8 Å². The van der Waals surface area contributed by atoms with Gasteiger partial charge in [-0.3, -0.25) is 0 Å². The number of alkyl halides is 2. The largest absolute Gasteiger partial charge is 0.860 e. The van der Waals surface area contributed by atoms with E-state index in [4.69, 9.17) is 0 Å². The molecule has 0 aliphatic carbocycles. The minimum atomic E-state index is -2.29. The summed E-state index contributed by atoms with van der Waals surface area (Å²) in [7, 11) is -2.29. The average molecular weight is 312 g/mol. The van der Waals surface area contributed by atoms with Gasteiger partial charge in [-0.2, -0.15) is 0 Å². The Morgan fingerprint density at radius 2 is 1.41 bits per heavy atom. The van der Waals surface area contributed by atoms with Gasteiger partial charge in [0.1, 0.15) is 7.32 Å². The van der Waals surface area contributed by atoms with Gasteiger partial charge in [-0.25, -0.2) is 8.78 Å². The molecule has 0 aliphatic rings. The van der Waals surface area contributed by atoms with Gasteiger partial charge < -0.3 is 14.7 Å². The van der Waals surface area contributed by atoms with Crippen LogP contribution in [0.25, 0.3) is 0 Å². The van der Waals surface area contributed by atoms with Gasteiger partial charge in [0.25, 0.3) is 0 Å². The fourth-order valence-electron chi connectivity index (χ4n) is 2.36. The molecule has 0 spiro atoms. The van der Waals surface area contributed by atoms with Crippen LogP contribution >= 0.6 is 0 Å². The van der Waals surface area contributed by atoms with Crippen LogP contribution in [0.5, 0.6) is 5.75 Å². The first-order valence-electron chi connectivity index (χ1n) is 7.93. The zero-order chi connectivity index (χ0) is 16.2. The van der Waals surface area contributed by atoms with E-state index in [1.807, 2.05) is 12.1 Å². The fourth-order valence-corrected chi connectivity index (χ4v) is 2.36. The van der Waals surface area contributed by atoms with Gasteiger partial charge in [-0.15, -0.1) is 0 Å². The lowest BCUT2D eigenvalue weighted by molar-refractivity contribution is -0.372. The van der Waals surface area contributed by atoms with Crippen LogP contribution in [-0.2, 0) is 6.42 Å². The van der Waals surface area contributed by atoms with Gasteiger partial charge in [0.05, 0.1) is 5.75 Å². The molecule has 6 heteroatoms. The van der Waals surface area contributed by atoms with E-state index in [0.717, 1.165) is 50.5 Å². The Kier molecular flexibility index (Phi) is 9.83. The fraction of sp³-hybridized carbons (Fsp3) is 0.625. The summed E-state index contributed by atoms with van der Waals surface area (Å²) in [5.41, 5.74) is 1.15. The summed E-state index contributed by atoms with van der Waals surface area (Å²) >= 11 is 0. The van der Waals surface area contributed by atoms with E-state index in [1.165, 1.54) is 0 Å². The van der Waals surface area contributed by atoms with Crippen molar-refractivity contribution < 1.29 is 23.5 Å². The average Bonchev–Trinajstić information content (AvgIpc) is 2.46. The predicted octanol–water partition coefficient (Wildman–Crippen LogP) is 2.70. The molecular weight excluding hydrogens is 289 g/mol. The molecule has 0 bridgehead atoms. The monoisotopic (exact) mass is 312 g/mol. The first-order chi connectivity index (χ1) is 10.6. The van der Waals surface area contributed by atoms with Crippen molar-refractivity contribution in [1.82, 2.24) is 0 Å². The lowest BCUT2D eigenvalue weighted by atomic mass is 10.0. The maximum atomic E-state index is 11.9. The van der Waals surface area contributed by atoms with E-state index >= 15 is 0 Å². The van der Waals surface area contributed by atoms with Gasteiger partial charge in [0.2, 0.25) is 6.43 Å². The van der Waals surface area contributed by atoms with Crippen LogP contribution in [0, 0.1) is 0 Å². The Labute approximate surface area is 131 Å². The van der Waals surface area contributed by atoms with Crippen LogP contribution in [0.2, 0.25) is 0 Å². The molecule has 124 valence electrons. The van der Waals surface area contributed by atoms with Crippen LogP contribution < -0.4 is 14.7 Å². The Hall–Kier alpha value is -1.14. The molecule has 0 atom stereocenters. The summed E-state index contributed by atoms with van der Waals surface area (Å²) in [5.74, 6) is 0.308. The van der Waals surface area contributed by atoms with Crippen molar-refractivity contribution in [2.24, 2.45) is 0 Å². The third-order valence-electron chi connectivity index (χ3n) is 3.54. The number of aryl methyl sites for hydroxylation is 1. The molecule has 0 unspecified atom stereocenters. The number of hydrogen-bond donors (Lipinski definition) is 0. The van der Waals surface area contributed by atoms with E-state index < -0.39 is 13.7 Å². The standard InChI is InChI=1S/C16H23BF2O3/c18-16(19)9-7-5-3-1-2-4-6-8-14-10-12-15(13-11-14)22-17(20)21/h10-13,16H,1-9H2/q-2. The SMILES string of the molecule is [O-]B([O-])Oc1ccc(CCCCCCCCCC(F)F)cc1. The number of unbranched alkanes of at least 4 members (excludes halogenated alkanes) is 6. The maximum absolute atomic E-state index is 11.9. The van der Waals surface area contributed by atoms with Crippen molar-refractivity contribution in [2.45, 2.75) is 64.2 Å². The molecule has 3 nitrogen and oxygen atoms in total. The van der Waals surface area contributed by atoms with Crippen molar-refractivity contribution in [3.63, 3.8) is 0 Å². The number of hydrogen-bond acceptors (Lipinski definition) is 3. The van der Waals surface area contributed by atoms with Crippen LogP contribution in [-0.4, -0.2) is 13.7 Å². The zero-order valence-corrected chi connectivity index (χ0v) is 12.8. The van der Waals surface area contributed by atoms with Gasteiger partial charge >= 0.3 is 0 Å². The lowest BCUT2D eigenvalue weighted by Gasteiger charge is -2.26. The van der Waals surface area contributed by atoms with Crippen molar-refractivity contribution >= 4 is 7.32 Å². The molecule has 1 aromatic rings. The first kappa shape index (κ1) is 18.9.